The van der Waals surface area contributed by atoms with Crippen molar-refractivity contribution in [1.82, 2.24) is 14.9 Å². The Labute approximate surface area is 122 Å². The molecule has 0 fully saturated rings. The molecular formula is C15H16ClN3O. The first-order chi connectivity index (χ1) is 9.84. The Morgan fingerprint density at radius 1 is 1.30 bits per heavy atom. The highest BCUT2D eigenvalue weighted by molar-refractivity contribution is 6.30. The van der Waals surface area contributed by atoms with Crippen molar-refractivity contribution in [1.29, 1.82) is 0 Å². The Balaban J connectivity index is 1.53. The smallest absolute Gasteiger partial charge is 0.199 e. The van der Waals surface area contributed by atoms with Crippen molar-refractivity contribution in [3.05, 3.63) is 53.8 Å². The lowest BCUT2D eigenvalue weighted by Crippen LogP contribution is -2.16. The van der Waals surface area contributed by atoms with Gasteiger partial charge in [0.2, 0.25) is 0 Å². The molecule has 0 saturated carbocycles. The second-order valence-electron chi connectivity index (χ2n) is 4.68. The third kappa shape index (κ3) is 2.86. The first kappa shape index (κ1) is 13.2. The quantitative estimate of drug-likeness (QED) is 0.707. The van der Waals surface area contributed by atoms with Gasteiger partial charge in [-0.05, 0) is 30.6 Å². The van der Waals surface area contributed by atoms with E-state index in [0.29, 0.717) is 5.22 Å². The topological polar surface area (TPSA) is 43.0 Å². The average Bonchev–Trinajstić information content (AvgIpc) is 3.06. The zero-order valence-corrected chi connectivity index (χ0v) is 11.8. The zero-order valence-electron chi connectivity index (χ0n) is 11.1. The van der Waals surface area contributed by atoms with Gasteiger partial charge in [0.1, 0.15) is 5.58 Å². The summed E-state index contributed by atoms with van der Waals surface area (Å²) in [5.74, 6) is 0. The van der Waals surface area contributed by atoms with E-state index in [2.05, 4.69) is 14.9 Å². The van der Waals surface area contributed by atoms with E-state index in [9.17, 15) is 0 Å². The standard InChI is InChI=1S/C15H16ClN3O/c16-15-13(12-4-1-2-5-14(12)20-15)10-17-6-3-8-19-9-7-18-11-19/h1-2,4-5,7,9,11,17H,3,6,8,10H2. The fourth-order valence-corrected chi connectivity index (χ4v) is 2.50. The highest BCUT2D eigenvalue weighted by Crippen LogP contribution is 2.29. The van der Waals surface area contributed by atoms with Crippen LogP contribution in [0.1, 0.15) is 12.0 Å². The van der Waals surface area contributed by atoms with Gasteiger partial charge >= 0.3 is 0 Å². The number of nitrogens with zero attached hydrogens (tertiary/aromatic N) is 2. The summed E-state index contributed by atoms with van der Waals surface area (Å²) in [7, 11) is 0. The number of aryl methyl sites for hydroxylation is 1. The van der Waals surface area contributed by atoms with E-state index in [0.717, 1.165) is 42.6 Å². The van der Waals surface area contributed by atoms with Crippen LogP contribution in [-0.4, -0.2) is 16.1 Å². The molecule has 3 aromatic rings. The van der Waals surface area contributed by atoms with Crippen molar-refractivity contribution < 1.29 is 4.42 Å². The highest BCUT2D eigenvalue weighted by Gasteiger charge is 2.10. The van der Waals surface area contributed by atoms with Crippen LogP contribution in [0.4, 0.5) is 0 Å². The van der Waals surface area contributed by atoms with Gasteiger partial charge in [0, 0.05) is 36.4 Å². The summed E-state index contributed by atoms with van der Waals surface area (Å²) in [6, 6.07) is 7.91. The number of benzene rings is 1. The molecule has 2 heterocycles. The molecule has 0 aliphatic heterocycles. The van der Waals surface area contributed by atoms with E-state index in [1.54, 1.807) is 6.20 Å². The number of halogens is 1. The molecule has 2 aromatic heterocycles. The molecule has 0 aliphatic rings. The molecule has 3 rings (SSSR count). The number of aromatic nitrogens is 2. The van der Waals surface area contributed by atoms with E-state index in [-0.39, 0.29) is 0 Å². The molecule has 20 heavy (non-hydrogen) atoms. The number of para-hydroxylation sites is 1. The lowest BCUT2D eigenvalue weighted by Gasteiger charge is -2.04. The van der Waals surface area contributed by atoms with E-state index >= 15 is 0 Å². The number of fused-ring (bicyclic) bond motifs is 1. The number of rotatable bonds is 6. The number of hydrogen-bond acceptors (Lipinski definition) is 3. The van der Waals surface area contributed by atoms with Crippen molar-refractivity contribution in [2.24, 2.45) is 0 Å². The minimum atomic E-state index is 0.480. The van der Waals surface area contributed by atoms with Gasteiger partial charge in [0.25, 0.3) is 0 Å². The molecule has 4 nitrogen and oxygen atoms in total. The van der Waals surface area contributed by atoms with E-state index in [4.69, 9.17) is 16.0 Å². The maximum absolute atomic E-state index is 6.14. The molecule has 1 aromatic carbocycles. The Kier molecular flexibility index (Phi) is 4.04. The van der Waals surface area contributed by atoms with Crippen LogP contribution in [0.3, 0.4) is 0 Å². The van der Waals surface area contributed by atoms with Crippen molar-refractivity contribution in [3.63, 3.8) is 0 Å². The molecule has 104 valence electrons. The minimum absolute atomic E-state index is 0.480. The summed E-state index contributed by atoms with van der Waals surface area (Å²) >= 11 is 6.14. The van der Waals surface area contributed by atoms with Crippen LogP contribution in [-0.2, 0) is 13.1 Å². The van der Waals surface area contributed by atoms with Gasteiger partial charge in [-0.3, -0.25) is 0 Å². The number of nitrogens with one attached hydrogen (secondary N) is 1. The Morgan fingerprint density at radius 3 is 3.05 bits per heavy atom. The molecule has 1 N–H and O–H groups in total. The van der Waals surface area contributed by atoms with Gasteiger partial charge in [-0.1, -0.05) is 18.2 Å². The van der Waals surface area contributed by atoms with Gasteiger partial charge in [-0.2, -0.15) is 0 Å². The van der Waals surface area contributed by atoms with E-state index in [1.807, 2.05) is 36.8 Å². The van der Waals surface area contributed by atoms with Gasteiger partial charge in [0.15, 0.2) is 5.22 Å². The first-order valence-corrected chi connectivity index (χ1v) is 7.05. The third-order valence-electron chi connectivity index (χ3n) is 3.28. The van der Waals surface area contributed by atoms with Crippen LogP contribution in [0.15, 0.2) is 47.4 Å². The van der Waals surface area contributed by atoms with E-state index in [1.165, 1.54) is 0 Å². The molecule has 0 atom stereocenters. The van der Waals surface area contributed by atoms with Gasteiger partial charge in [0.05, 0.1) is 6.33 Å². The summed E-state index contributed by atoms with van der Waals surface area (Å²) in [5, 5.41) is 4.97. The Hall–Kier alpha value is -1.78. The predicted molar refractivity (Wildman–Crippen MR) is 79.8 cm³/mol. The molecule has 0 amide bonds. The van der Waals surface area contributed by atoms with Crippen LogP contribution >= 0.6 is 11.6 Å². The molecule has 0 radical (unpaired) electrons. The maximum atomic E-state index is 6.14. The van der Waals surface area contributed by atoms with Gasteiger partial charge < -0.3 is 14.3 Å². The molecule has 5 heteroatoms. The van der Waals surface area contributed by atoms with Crippen molar-refractivity contribution >= 4 is 22.6 Å². The molecule has 0 saturated heterocycles. The van der Waals surface area contributed by atoms with Crippen LogP contribution in [0.2, 0.25) is 5.22 Å². The summed E-state index contributed by atoms with van der Waals surface area (Å²) in [5.41, 5.74) is 1.87. The predicted octanol–water partition coefficient (Wildman–Crippen LogP) is 3.46. The van der Waals surface area contributed by atoms with Crippen molar-refractivity contribution in [2.75, 3.05) is 6.54 Å². The molecule has 0 spiro atoms. The average molecular weight is 290 g/mol. The maximum Gasteiger partial charge on any atom is 0.199 e. The Morgan fingerprint density at radius 2 is 2.20 bits per heavy atom. The minimum Gasteiger partial charge on any atom is -0.444 e. The summed E-state index contributed by atoms with van der Waals surface area (Å²) in [4.78, 5) is 4.02. The molecule has 0 unspecified atom stereocenters. The van der Waals surface area contributed by atoms with Gasteiger partial charge in [-0.15, -0.1) is 0 Å². The highest BCUT2D eigenvalue weighted by atomic mass is 35.5. The van der Waals surface area contributed by atoms with Crippen LogP contribution in [0.25, 0.3) is 11.0 Å². The number of hydrogen-bond donors (Lipinski definition) is 1. The lowest BCUT2D eigenvalue weighted by molar-refractivity contribution is 0.572. The van der Waals surface area contributed by atoms with Gasteiger partial charge in [-0.25, -0.2) is 4.98 Å². The zero-order chi connectivity index (χ0) is 13.8. The van der Waals surface area contributed by atoms with Crippen LogP contribution in [0.5, 0.6) is 0 Å². The second kappa shape index (κ2) is 6.11. The molecule has 0 bridgehead atoms. The number of furan rings is 1. The normalized spacial score (nSPS) is 11.2. The first-order valence-electron chi connectivity index (χ1n) is 6.67. The second-order valence-corrected chi connectivity index (χ2v) is 5.02. The summed E-state index contributed by atoms with van der Waals surface area (Å²) in [6.07, 6.45) is 6.65. The summed E-state index contributed by atoms with van der Waals surface area (Å²) in [6.45, 7) is 2.61. The van der Waals surface area contributed by atoms with Crippen LogP contribution < -0.4 is 5.32 Å². The molecular weight excluding hydrogens is 274 g/mol. The largest absolute Gasteiger partial charge is 0.444 e. The number of imidazole rings is 1. The van der Waals surface area contributed by atoms with E-state index < -0.39 is 0 Å². The van der Waals surface area contributed by atoms with Crippen molar-refractivity contribution in [2.45, 2.75) is 19.5 Å². The van der Waals surface area contributed by atoms with Crippen LogP contribution in [0, 0.1) is 0 Å². The van der Waals surface area contributed by atoms with Crippen molar-refractivity contribution in [3.8, 4) is 0 Å². The summed E-state index contributed by atoms with van der Waals surface area (Å²) < 4.78 is 7.60. The molecule has 0 aliphatic carbocycles. The lowest BCUT2D eigenvalue weighted by atomic mass is 10.2. The third-order valence-corrected chi connectivity index (χ3v) is 3.59. The fraction of sp³-hybridized carbons (Fsp3) is 0.267. The Bertz CT molecular complexity index is 676. The monoisotopic (exact) mass is 289 g/mol. The fourth-order valence-electron chi connectivity index (χ4n) is 2.25. The SMILES string of the molecule is Clc1oc2ccccc2c1CNCCCn1ccnc1.